The zero-order valence-corrected chi connectivity index (χ0v) is 28.7. The summed E-state index contributed by atoms with van der Waals surface area (Å²) < 4.78 is 2.31. The number of aryl methyl sites for hydroxylation is 1. The van der Waals surface area contributed by atoms with Crippen molar-refractivity contribution in [2.45, 2.75) is 13.3 Å². The molecular formula is C45H27B5N2. The van der Waals surface area contributed by atoms with E-state index in [-0.39, 0.29) is 16.4 Å². The summed E-state index contributed by atoms with van der Waals surface area (Å²) in [4.78, 5) is 5.00. The van der Waals surface area contributed by atoms with Crippen molar-refractivity contribution in [3.8, 4) is 39.1 Å². The molecule has 0 aliphatic rings. The van der Waals surface area contributed by atoms with Gasteiger partial charge in [0.15, 0.2) is 0 Å². The summed E-state index contributed by atoms with van der Waals surface area (Å²) >= 11 is 0. The third-order valence-corrected chi connectivity index (χ3v) is 10.4. The molecule has 0 amide bonds. The SMILES string of the molecule is [B]c1c([B])c([B])c(-c2ccc3c(-c4ccc(-n5c(CC)nc6ccccc65)c5ccccc45)c4ccccc4c(-c4ccccc4)c3c2)c([B])c1[B]. The Bertz CT molecular complexity index is 2870. The van der Waals surface area contributed by atoms with Crippen molar-refractivity contribution < 1.29 is 0 Å². The van der Waals surface area contributed by atoms with Crippen LogP contribution in [0.1, 0.15) is 12.7 Å². The lowest BCUT2D eigenvalue weighted by atomic mass is 9.59. The van der Waals surface area contributed by atoms with Gasteiger partial charge in [-0.15, -0.1) is 16.4 Å². The predicted molar refractivity (Wildman–Crippen MR) is 226 cm³/mol. The molecule has 0 aliphatic heterocycles. The molecule has 9 rings (SSSR count). The highest BCUT2D eigenvalue weighted by atomic mass is 15.1. The van der Waals surface area contributed by atoms with Gasteiger partial charge in [-0.05, 0) is 84.6 Å². The number of hydrogen-bond acceptors (Lipinski definition) is 1. The summed E-state index contributed by atoms with van der Waals surface area (Å²) in [5.41, 5.74) is 10.3. The number of rotatable bonds is 5. The summed E-state index contributed by atoms with van der Waals surface area (Å²) in [5.74, 6) is 1.03. The molecule has 0 unspecified atom stereocenters. The van der Waals surface area contributed by atoms with Gasteiger partial charge >= 0.3 is 0 Å². The van der Waals surface area contributed by atoms with Gasteiger partial charge in [0.1, 0.15) is 45.1 Å². The molecule has 0 bridgehead atoms. The maximum Gasteiger partial charge on any atom is 0.114 e. The van der Waals surface area contributed by atoms with Gasteiger partial charge in [0.05, 0.1) is 16.7 Å². The molecule has 1 aromatic heterocycles. The average Bonchev–Trinajstić information content (AvgIpc) is 3.57. The Labute approximate surface area is 310 Å². The number of para-hydroxylation sites is 2. The minimum atomic E-state index is 0.197. The Morgan fingerprint density at radius 1 is 0.462 bits per heavy atom. The molecule has 0 saturated heterocycles. The van der Waals surface area contributed by atoms with E-state index < -0.39 is 0 Å². The van der Waals surface area contributed by atoms with Crippen molar-refractivity contribution in [3.05, 3.63) is 139 Å². The van der Waals surface area contributed by atoms with Crippen LogP contribution in [0.15, 0.2) is 133 Å². The molecule has 1 heterocycles. The first kappa shape index (κ1) is 32.3. The fourth-order valence-corrected chi connectivity index (χ4v) is 7.98. The third kappa shape index (κ3) is 4.83. The molecule has 0 atom stereocenters. The normalized spacial score (nSPS) is 11.6. The number of nitrogens with zero attached hydrogens (tertiary/aromatic N) is 2. The van der Waals surface area contributed by atoms with Crippen molar-refractivity contribution in [2.24, 2.45) is 0 Å². The smallest absolute Gasteiger partial charge is 0.114 e. The Kier molecular flexibility index (Phi) is 7.77. The highest BCUT2D eigenvalue weighted by Crippen LogP contribution is 2.46. The Morgan fingerprint density at radius 2 is 1.04 bits per heavy atom. The minimum Gasteiger partial charge on any atom is -0.296 e. The van der Waals surface area contributed by atoms with Crippen molar-refractivity contribution in [3.63, 3.8) is 0 Å². The zero-order chi connectivity index (χ0) is 35.7. The lowest BCUT2D eigenvalue weighted by Crippen LogP contribution is -2.55. The lowest BCUT2D eigenvalue weighted by molar-refractivity contribution is 0.913. The maximum absolute atomic E-state index is 6.61. The number of imidazole rings is 1. The van der Waals surface area contributed by atoms with E-state index in [0.29, 0.717) is 16.5 Å². The van der Waals surface area contributed by atoms with Crippen molar-refractivity contribution in [1.82, 2.24) is 9.55 Å². The number of aromatic nitrogens is 2. The standard InChI is InChI=1S/C45H27B5N2/c1-2-37-51-34-18-10-11-19-36(34)52(37)35-23-22-31(27-14-6-7-15-28(27)35)40-30-17-9-8-16-29(30)38(25-12-4-3-5-13-25)33-24-26(20-21-32(33)40)39-41(46)43(48)45(50)44(49)42(39)47/h3-24H,2H2,1H3. The second-order valence-corrected chi connectivity index (χ2v) is 13.2. The van der Waals surface area contributed by atoms with E-state index in [4.69, 9.17) is 44.2 Å². The molecule has 8 aromatic carbocycles. The van der Waals surface area contributed by atoms with Gasteiger partial charge in [0.25, 0.3) is 0 Å². The predicted octanol–water partition coefficient (Wildman–Crippen LogP) is 6.02. The summed E-state index contributed by atoms with van der Waals surface area (Å²) in [6.45, 7) is 2.16. The second kappa shape index (κ2) is 12.5. The van der Waals surface area contributed by atoms with Gasteiger partial charge in [0, 0.05) is 11.8 Å². The van der Waals surface area contributed by atoms with Crippen LogP contribution in [0.5, 0.6) is 0 Å². The van der Waals surface area contributed by atoms with Crippen molar-refractivity contribution in [1.29, 1.82) is 0 Å². The van der Waals surface area contributed by atoms with Crippen LogP contribution in [-0.2, 0) is 6.42 Å². The Morgan fingerprint density at radius 3 is 1.75 bits per heavy atom. The third-order valence-electron chi connectivity index (χ3n) is 10.4. The molecule has 232 valence electrons. The van der Waals surface area contributed by atoms with E-state index in [2.05, 4.69) is 127 Å². The number of fused-ring (bicyclic) bond motifs is 4. The monoisotopic (exact) mass is 650 g/mol. The van der Waals surface area contributed by atoms with Gasteiger partial charge in [-0.1, -0.05) is 127 Å². The van der Waals surface area contributed by atoms with Crippen LogP contribution in [0.4, 0.5) is 0 Å². The highest BCUT2D eigenvalue weighted by Gasteiger charge is 2.22. The first-order chi connectivity index (χ1) is 25.4. The minimum absolute atomic E-state index is 0.197. The summed E-state index contributed by atoms with van der Waals surface area (Å²) in [6, 6.07) is 47.0. The van der Waals surface area contributed by atoms with Crippen LogP contribution in [0.3, 0.4) is 0 Å². The Hall–Kier alpha value is -5.67. The van der Waals surface area contributed by atoms with E-state index in [0.717, 1.165) is 89.1 Å². The van der Waals surface area contributed by atoms with Gasteiger partial charge in [0.2, 0.25) is 0 Å². The van der Waals surface area contributed by atoms with Gasteiger partial charge in [-0.2, -0.15) is 0 Å². The average molecular weight is 650 g/mol. The van der Waals surface area contributed by atoms with Crippen molar-refractivity contribution >= 4 is 110 Å². The molecule has 0 aliphatic carbocycles. The highest BCUT2D eigenvalue weighted by molar-refractivity contribution is 6.68. The molecule has 0 spiro atoms. The molecule has 9 aromatic rings. The van der Waals surface area contributed by atoms with E-state index in [1.165, 1.54) is 0 Å². The van der Waals surface area contributed by atoms with Gasteiger partial charge in [-0.3, -0.25) is 4.57 Å². The molecule has 0 saturated carbocycles. The summed E-state index contributed by atoms with van der Waals surface area (Å²) in [6.07, 6.45) is 0.809. The first-order valence-corrected chi connectivity index (χ1v) is 17.4. The molecule has 0 fully saturated rings. The van der Waals surface area contributed by atoms with E-state index in [1.54, 1.807) is 0 Å². The van der Waals surface area contributed by atoms with E-state index in [1.807, 2.05) is 18.2 Å². The van der Waals surface area contributed by atoms with Crippen LogP contribution >= 0.6 is 0 Å². The first-order valence-electron chi connectivity index (χ1n) is 17.4. The van der Waals surface area contributed by atoms with Crippen LogP contribution in [0.2, 0.25) is 0 Å². The van der Waals surface area contributed by atoms with Crippen LogP contribution in [-0.4, -0.2) is 48.8 Å². The molecule has 7 heteroatoms. The topological polar surface area (TPSA) is 17.8 Å². The number of hydrogen-bond donors (Lipinski definition) is 0. The van der Waals surface area contributed by atoms with Crippen LogP contribution < -0.4 is 27.3 Å². The molecule has 10 radical (unpaired) electrons. The maximum atomic E-state index is 6.61. The molecule has 2 nitrogen and oxygen atoms in total. The molecular weight excluding hydrogens is 623 g/mol. The van der Waals surface area contributed by atoms with E-state index in [9.17, 15) is 0 Å². The largest absolute Gasteiger partial charge is 0.296 e. The van der Waals surface area contributed by atoms with Gasteiger partial charge in [-0.25, -0.2) is 4.98 Å². The molecule has 0 N–H and O–H groups in total. The summed E-state index contributed by atoms with van der Waals surface area (Å²) in [7, 11) is 32.1. The fourth-order valence-electron chi connectivity index (χ4n) is 7.98. The van der Waals surface area contributed by atoms with Crippen LogP contribution in [0, 0.1) is 0 Å². The lowest BCUT2D eigenvalue weighted by Gasteiger charge is -2.23. The van der Waals surface area contributed by atoms with Gasteiger partial charge < -0.3 is 0 Å². The Balaban J connectivity index is 1.40. The summed E-state index contributed by atoms with van der Waals surface area (Å²) in [5, 5.41) is 6.72. The number of benzene rings is 8. The quantitative estimate of drug-likeness (QED) is 0.165. The fraction of sp³-hybridized carbons (Fsp3) is 0.0444. The second-order valence-electron chi connectivity index (χ2n) is 13.2. The van der Waals surface area contributed by atoms with E-state index >= 15 is 0 Å². The zero-order valence-electron chi connectivity index (χ0n) is 28.7. The van der Waals surface area contributed by atoms with Crippen molar-refractivity contribution in [2.75, 3.05) is 0 Å². The molecule has 52 heavy (non-hydrogen) atoms. The van der Waals surface area contributed by atoms with Crippen LogP contribution in [0.25, 0.3) is 82.4 Å².